The lowest BCUT2D eigenvalue weighted by Gasteiger charge is -2.18. The Balaban J connectivity index is 1.89. The number of hydrogen-bond donors (Lipinski definition) is 2. The third kappa shape index (κ3) is 2.19. The number of rotatable bonds is 4. The fraction of sp³-hybridized carbons (Fsp3) is 0.500. The molecule has 0 aromatic heterocycles. The molecule has 0 saturated heterocycles. The van der Waals surface area contributed by atoms with Crippen LogP contribution in [-0.4, -0.2) is 6.17 Å². The summed E-state index contributed by atoms with van der Waals surface area (Å²) >= 11 is 0. The molecule has 2 heterocycles. The molecule has 1 aromatic rings. The monoisotopic (exact) mass is 190 g/mol. The van der Waals surface area contributed by atoms with Crippen molar-refractivity contribution in [1.82, 2.24) is 0 Å². The Morgan fingerprint density at radius 2 is 1.57 bits per heavy atom. The van der Waals surface area contributed by atoms with Crippen molar-refractivity contribution in [3.05, 3.63) is 24.3 Å². The van der Waals surface area contributed by atoms with Gasteiger partial charge in [-0.3, -0.25) is 0 Å². The zero-order chi connectivity index (χ0) is 9.80. The maximum atomic E-state index is 3.48. The predicted octanol–water partition coefficient (Wildman–Crippen LogP) is 3.43. The molecule has 0 aliphatic carbocycles. The van der Waals surface area contributed by atoms with Crippen molar-refractivity contribution in [2.45, 2.75) is 38.8 Å². The van der Waals surface area contributed by atoms with Gasteiger partial charge in [0, 0.05) is 11.4 Å². The molecular weight excluding hydrogens is 172 g/mol. The molecule has 0 fully saturated rings. The minimum Gasteiger partial charge on any atom is -0.365 e. The van der Waals surface area contributed by atoms with Crippen LogP contribution in [-0.2, 0) is 0 Å². The van der Waals surface area contributed by atoms with Gasteiger partial charge in [-0.05, 0) is 37.1 Å². The van der Waals surface area contributed by atoms with Gasteiger partial charge in [0.05, 0.1) is 6.17 Å². The van der Waals surface area contributed by atoms with Crippen LogP contribution in [0.2, 0.25) is 0 Å². The summed E-state index contributed by atoms with van der Waals surface area (Å²) in [4.78, 5) is 0. The van der Waals surface area contributed by atoms with E-state index in [0.717, 1.165) is 0 Å². The first-order chi connectivity index (χ1) is 6.88. The van der Waals surface area contributed by atoms with Crippen LogP contribution in [0.3, 0.4) is 0 Å². The molecule has 0 radical (unpaired) electrons. The Morgan fingerprint density at radius 1 is 1.00 bits per heavy atom. The summed E-state index contributed by atoms with van der Waals surface area (Å²) in [6, 6.07) is 8.51. The van der Waals surface area contributed by atoms with Crippen molar-refractivity contribution in [1.29, 1.82) is 0 Å². The zero-order valence-corrected chi connectivity index (χ0v) is 8.72. The van der Waals surface area contributed by atoms with Gasteiger partial charge in [0.25, 0.3) is 0 Å². The number of unbranched alkanes of at least 4 members (excludes halogenated alkanes) is 2. The van der Waals surface area contributed by atoms with E-state index in [1.165, 1.54) is 37.1 Å². The van der Waals surface area contributed by atoms with Gasteiger partial charge < -0.3 is 10.6 Å². The van der Waals surface area contributed by atoms with Gasteiger partial charge in [0.1, 0.15) is 0 Å². The second-order valence-corrected chi connectivity index (χ2v) is 3.91. The van der Waals surface area contributed by atoms with E-state index in [0.29, 0.717) is 6.17 Å². The maximum absolute atomic E-state index is 3.48. The normalized spacial score (nSPS) is 14.6. The summed E-state index contributed by atoms with van der Waals surface area (Å²) in [7, 11) is 0. The van der Waals surface area contributed by atoms with Crippen molar-refractivity contribution >= 4 is 11.4 Å². The minimum atomic E-state index is 0.413. The molecule has 0 atom stereocenters. The van der Waals surface area contributed by atoms with E-state index in [2.05, 4.69) is 41.8 Å². The van der Waals surface area contributed by atoms with E-state index in [4.69, 9.17) is 0 Å². The number of nitrogens with one attached hydrogen (secondary N) is 2. The molecule has 2 heteroatoms. The highest BCUT2D eigenvalue weighted by Gasteiger charge is 2.11. The Labute approximate surface area is 85.7 Å². The number of hydrogen-bond acceptors (Lipinski definition) is 2. The molecule has 0 spiro atoms. The molecule has 76 valence electrons. The van der Waals surface area contributed by atoms with Gasteiger partial charge in [-0.15, -0.1) is 0 Å². The first kappa shape index (κ1) is 9.38. The van der Waals surface area contributed by atoms with Crippen LogP contribution in [0.15, 0.2) is 24.3 Å². The lowest BCUT2D eigenvalue weighted by atomic mass is 10.2. The Morgan fingerprint density at radius 3 is 2.07 bits per heavy atom. The lowest BCUT2D eigenvalue weighted by molar-refractivity contribution is 0.624. The predicted molar refractivity (Wildman–Crippen MR) is 61.6 cm³/mol. The molecule has 2 bridgehead atoms. The van der Waals surface area contributed by atoms with Crippen molar-refractivity contribution in [3.8, 4) is 0 Å². The quantitative estimate of drug-likeness (QED) is 0.711. The maximum Gasteiger partial charge on any atom is 0.0963 e. The SMILES string of the molecule is CCCCCC1Nc2ccc(cc2)N1. The summed E-state index contributed by atoms with van der Waals surface area (Å²) in [6.07, 6.45) is 5.52. The molecule has 14 heavy (non-hydrogen) atoms. The summed E-state index contributed by atoms with van der Waals surface area (Å²) in [5.74, 6) is 0. The van der Waals surface area contributed by atoms with Crippen LogP contribution in [0.25, 0.3) is 0 Å². The van der Waals surface area contributed by atoms with Gasteiger partial charge >= 0.3 is 0 Å². The number of benzene rings is 1. The average molecular weight is 190 g/mol. The average Bonchev–Trinajstić information content (AvgIpc) is 2.50. The van der Waals surface area contributed by atoms with Gasteiger partial charge in [0.2, 0.25) is 0 Å². The van der Waals surface area contributed by atoms with Gasteiger partial charge in [-0.25, -0.2) is 0 Å². The third-order valence-corrected chi connectivity index (χ3v) is 2.66. The molecule has 2 nitrogen and oxygen atoms in total. The van der Waals surface area contributed by atoms with E-state index in [9.17, 15) is 0 Å². The first-order valence-electron chi connectivity index (χ1n) is 5.51. The topological polar surface area (TPSA) is 24.1 Å². The van der Waals surface area contributed by atoms with E-state index in [1.54, 1.807) is 0 Å². The molecule has 2 aliphatic heterocycles. The lowest BCUT2D eigenvalue weighted by Crippen LogP contribution is -2.26. The molecule has 0 saturated carbocycles. The molecule has 0 unspecified atom stereocenters. The molecule has 2 N–H and O–H groups in total. The highest BCUT2D eigenvalue weighted by atomic mass is 15.1. The molecular formula is C12H18N2. The molecule has 3 rings (SSSR count). The fourth-order valence-corrected chi connectivity index (χ4v) is 1.84. The minimum absolute atomic E-state index is 0.413. The standard InChI is InChI=1S/C12H18N2/c1-2-3-4-5-12-13-10-6-7-11(14-12)9-8-10/h6-9,12-14H,2-5H2,1H3. The van der Waals surface area contributed by atoms with Crippen LogP contribution in [0, 0.1) is 0 Å². The van der Waals surface area contributed by atoms with Crippen LogP contribution in [0.5, 0.6) is 0 Å². The van der Waals surface area contributed by atoms with E-state index in [1.807, 2.05) is 0 Å². The highest BCUT2D eigenvalue weighted by Crippen LogP contribution is 2.21. The molecule has 2 aliphatic rings. The van der Waals surface area contributed by atoms with Crippen LogP contribution in [0.1, 0.15) is 32.6 Å². The van der Waals surface area contributed by atoms with Crippen molar-refractivity contribution in [3.63, 3.8) is 0 Å². The summed E-state index contributed by atoms with van der Waals surface area (Å²) in [5, 5.41) is 6.95. The Kier molecular flexibility index (Phi) is 2.92. The summed E-state index contributed by atoms with van der Waals surface area (Å²) in [6.45, 7) is 2.24. The van der Waals surface area contributed by atoms with Gasteiger partial charge in [0.15, 0.2) is 0 Å². The first-order valence-corrected chi connectivity index (χ1v) is 5.51. The number of fused-ring (bicyclic) bond motifs is 4. The summed E-state index contributed by atoms with van der Waals surface area (Å²) in [5.41, 5.74) is 2.44. The fourth-order valence-electron chi connectivity index (χ4n) is 1.84. The summed E-state index contributed by atoms with van der Waals surface area (Å²) < 4.78 is 0. The molecule has 1 aromatic carbocycles. The van der Waals surface area contributed by atoms with Crippen molar-refractivity contribution in [2.75, 3.05) is 10.6 Å². The second-order valence-electron chi connectivity index (χ2n) is 3.91. The second kappa shape index (κ2) is 4.36. The van der Waals surface area contributed by atoms with E-state index in [-0.39, 0.29) is 0 Å². The van der Waals surface area contributed by atoms with Crippen LogP contribution < -0.4 is 10.6 Å². The zero-order valence-electron chi connectivity index (χ0n) is 8.72. The Hall–Kier alpha value is -1.18. The van der Waals surface area contributed by atoms with Gasteiger partial charge in [-0.1, -0.05) is 19.8 Å². The van der Waals surface area contributed by atoms with Gasteiger partial charge in [-0.2, -0.15) is 0 Å². The van der Waals surface area contributed by atoms with Crippen molar-refractivity contribution in [2.24, 2.45) is 0 Å². The van der Waals surface area contributed by atoms with Crippen LogP contribution in [0.4, 0.5) is 11.4 Å². The Bertz CT molecular complexity index is 254. The van der Waals surface area contributed by atoms with E-state index < -0.39 is 0 Å². The van der Waals surface area contributed by atoms with Crippen molar-refractivity contribution < 1.29 is 0 Å². The smallest absolute Gasteiger partial charge is 0.0963 e. The highest BCUT2D eigenvalue weighted by molar-refractivity contribution is 5.58. The third-order valence-electron chi connectivity index (χ3n) is 2.66. The van der Waals surface area contributed by atoms with Crippen LogP contribution >= 0.6 is 0 Å². The van der Waals surface area contributed by atoms with E-state index >= 15 is 0 Å². The number of anilines is 2. The molecule has 0 amide bonds. The largest absolute Gasteiger partial charge is 0.365 e.